The molecule has 6 heteroatoms. The van der Waals surface area contributed by atoms with Crippen molar-refractivity contribution >= 4 is 28.7 Å². The molecule has 2 heterocycles. The number of anilines is 2. The van der Waals surface area contributed by atoms with E-state index in [-0.39, 0.29) is 5.97 Å². The summed E-state index contributed by atoms with van der Waals surface area (Å²) in [6, 6.07) is 5.97. The third kappa shape index (κ3) is 4.19. The molecular weight excluding hydrogens is 286 g/mol. The van der Waals surface area contributed by atoms with Gasteiger partial charge in [-0.1, -0.05) is 0 Å². The average Bonchev–Trinajstić information content (AvgIpc) is 2.92. The van der Waals surface area contributed by atoms with Crippen LogP contribution in [0.15, 0.2) is 30.6 Å². The first-order valence-corrected chi connectivity index (χ1v) is 7.41. The zero-order valence-corrected chi connectivity index (χ0v) is 13.2. The van der Waals surface area contributed by atoms with Crippen LogP contribution in [0.25, 0.3) is 0 Å². The Balaban J connectivity index is 1.99. The minimum absolute atomic E-state index is 0.210. The zero-order chi connectivity index (χ0) is 15.2. The molecule has 0 fully saturated rings. The summed E-state index contributed by atoms with van der Waals surface area (Å²) in [4.78, 5) is 19.6. The number of rotatable bonds is 6. The van der Waals surface area contributed by atoms with E-state index in [2.05, 4.69) is 15.0 Å². The van der Waals surface area contributed by atoms with Crippen LogP contribution in [0.2, 0.25) is 0 Å². The molecule has 0 saturated heterocycles. The number of nitrogens with zero attached hydrogens (tertiary/aromatic N) is 2. The Morgan fingerprint density at radius 1 is 1.33 bits per heavy atom. The van der Waals surface area contributed by atoms with Gasteiger partial charge in [0.2, 0.25) is 0 Å². The lowest BCUT2D eigenvalue weighted by atomic mass is 10.3. The van der Waals surface area contributed by atoms with Crippen LogP contribution in [0.3, 0.4) is 0 Å². The van der Waals surface area contributed by atoms with E-state index in [9.17, 15) is 4.79 Å². The highest BCUT2D eigenvalue weighted by atomic mass is 32.1. The molecule has 0 bridgehead atoms. The predicted molar refractivity (Wildman–Crippen MR) is 85.9 cm³/mol. The van der Waals surface area contributed by atoms with Gasteiger partial charge in [-0.15, -0.1) is 11.3 Å². The van der Waals surface area contributed by atoms with E-state index in [1.807, 2.05) is 43.4 Å². The number of hydrogen-bond acceptors (Lipinski definition) is 6. The Bertz CT molecular complexity index is 610. The second kappa shape index (κ2) is 7.08. The Labute approximate surface area is 128 Å². The van der Waals surface area contributed by atoms with Crippen molar-refractivity contribution in [2.45, 2.75) is 13.0 Å². The zero-order valence-electron chi connectivity index (χ0n) is 12.4. The first-order valence-electron chi connectivity index (χ1n) is 6.59. The van der Waals surface area contributed by atoms with E-state index in [0.29, 0.717) is 13.0 Å². The normalized spacial score (nSPS) is 10.2. The fraction of sp³-hybridized carbons (Fsp3) is 0.333. The summed E-state index contributed by atoms with van der Waals surface area (Å²) in [5.74, 6) is -0.210. The summed E-state index contributed by atoms with van der Waals surface area (Å²) in [7, 11) is 5.41. The molecule has 2 aromatic rings. The van der Waals surface area contributed by atoms with Gasteiger partial charge < -0.3 is 15.0 Å². The molecule has 5 nitrogen and oxygen atoms in total. The summed E-state index contributed by atoms with van der Waals surface area (Å²) >= 11 is 1.61. The molecule has 21 heavy (non-hydrogen) atoms. The third-order valence-electron chi connectivity index (χ3n) is 3.00. The van der Waals surface area contributed by atoms with Gasteiger partial charge in [0.1, 0.15) is 0 Å². The lowest BCUT2D eigenvalue weighted by molar-refractivity contribution is -0.139. The van der Waals surface area contributed by atoms with E-state index in [0.717, 1.165) is 16.3 Å². The van der Waals surface area contributed by atoms with Crippen LogP contribution in [-0.2, 0) is 22.5 Å². The topological polar surface area (TPSA) is 54.5 Å². The van der Waals surface area contributed by atoms with Gasteiger partial charge in [0, 0.05) is 36.6 Å². The lowest BCUT2D eigenvalue weighted by Gasteiger charge is -2.17. The molecule has 0 aliphatic carbocycles. The van der Waals surface area contributed by atoms with Crippen LogP contribution < -0.4 is 10.2 Å². The monoisotopic (exact) mass is 305 g/mol. The number of ether oxygens (including phenoxy) is 1. The number of esters is 1. The highest BCUT2D eigenvalue weighted by Gasteiger charge is 2.08. The fourth-order valence-electron chi connectivity index (χ4n) is 1.92. The number of aromatic nitrogens is 1. The number of carbonyl (C=O) groups is 1. The summed E-state index contributed by atoms with van der Waals surface area (Å²) in [5, 5.41) is 3.38. The molecule has 1 N–H and O–H groups in total. The number of methoxy groups -OCH3 is 1. The van der Waals surface area contributed by atoms with Crippen molar-refractivity contribution in [3.8, 4) is 0 Å². The van der Waals surface area contributed by atoms with E-state index >= 15 is 0 Å². The Hall–Kier alpha value is -2.08. The SMILES string of the molecule is COC(=O)Cc1ccc(CNc2cnccc2N(C)C)s1. The molecule has 2 aromatic heterocycles. The van der Waals surface area contributed by atoms with Crippen molar-refractivity contribution in [3.05, 3.63) is 40.3 Å². The van der Waals surface area contributed by atoms with Crippen molar-refractivity contribution in [2.24, 2.45) is 0 Å². The van der Waals surface area contributed by atoms with Gasteiger partial charge in [0.15, 0.2) is 0 Å². The summed E-state index contributed by atoms with van der Waals surface area (Å²) in [6.07, 6.45) is 3.93. The van der Waals surface area contributed by atoms with Gasteiger partial charge in [0.05, 0.1) is 31.1 Å². The summed E-state index contributed by atoms with van der Waals surface area (Å²) in [5.41, 5.74) is 2.08. The largest absolute Gasteiger partial charge is 0.469 e. The van der Waals surface area contributed by atoms with Crippen LogP contribution in [0, 0.1) is 0 Å². The second-order valence-electron chi connectivity index (χ2n) is 4.76. The number of hydrogen-bond donors (Lipinski definition) is 1. The second-order valence-corrected chi connectivity index (χ2v) is 6.01. The highest BCUT2D eigenvalue weighted by Crippen LogP contribution is 2.24. The van der Waals surface area contributed by atoms with Crippen molar-refractivity contribution in [1.82, 2.24) is 4.98 Å². The van der Waals surface area contributed by atoms with Gasteiger partial charge in [-0.05, 0) is 18.2 Å². The summed E-state index contributed by atoms with van der Waals surface area (Å²) in [6.45, 7) is 0.707. The van der Waals surface area contributed by atoms with Crippen molar-refractivity contribution < 1.29 is 9.53 Å². The van der Waals surface area contributed by atoms with Crippen LogP contribution in [0.4, 0.5) is 11.4 Å². The molecule has 0 saturated carbocycles. The number of thiophene rings is 1. The molecule has 0 unspecified atom stereocenters. The van der Waals surface area contributed by atoms with Crippen LogP contribution in [0.5, 0.6) is 0 Å². The van der Waals surface area contributed by atoms with Crippen molar-refractivity contribution in [2.75, 3.05) is 31.4 Å². The van der Waals surface area contributed by atoms with E-state index in [4.69, 9.17) is 0 Å². The maximum atomic E-state index is 11.2. The Morgan fingerprint density at radius 2 is 2.10 bits per heavy atom. The predicted octanol–water partition coefficient (Wildman–Crippen LogP) is 2.54. The molecular formula is C15H19N3O2S. The van der Waals surface area contributed by atoms with Gasteiger partial charge in [-0.25, -0.2) is 0 Å². The van der Waals surface area contributed by atoms with Gasteiger partial charge in [-0.2, -0.15) is 0 Å². The summed E-state index contributed by atoms with van der Waals surface area (Å²) < 4.78 is 4.67. The third-order valence-corrected chi connectivity index (χ3v) is 4.08. The molecule has 0 aliphatic rings. The van der Waals surface area contributed by atoms with E-state index < -0.39 is 0 Å². The Kier molecular flexibility index (Phi) is 5.16. The average molecular weight is 305 g/mol. The van der Waals surface area contributed by atoms with Crippen LogP contribution in [0.1, 0.15) is 9.75 Å². The molecule has 0 radical (unpaired) electrons. The molecule has 0 aromatic carbocycles. The van der Waals surface area contributed by atoms with E-state index in [1.165, 1.54) is 12.0 Å². The molecule has 0 amide bonds. The molecule has 0 spiro atoms. The highest BCUT2D eigenvalue weighted by molar-refractivity contribution is 7.12. The number of carbonyl (C=O) groups excluding carboxylic acids is 1. The number of nitrogens with one attached hydrogen (secondary N) is 1. The molecule has 0 aliphatic heterocycles. The molecule has 0 atom stereocenters. The van der Waals surface area contributed by atoms with Crippen molar-refractivity contribution in [1.29, 1.82) is 0 Å². The first-order chi connectivity index (χ1) is 10.1. The minimum Gasteiger partial charge on any atom is -0.469 e. The molecule has 2 rings (SSSR count). The van der Waals surface area contributed by atoms with Gasteiger partial charge in [0.25, 0.3) is 0 Å². The van der Waals surface area contributed by atoms with Crippen LogP contribution >= 0.6 is 11.3 Å². The lowest BCUT2D eigenvalue weighted by Crippen LogP contribution is -2.12. The standard InChI is InChI=1S/C15H19N3O2S/c1-18(2)14-6-7-16-10-13(14)17-9-12-5-4-11(21-12)8-15(19)20-3/h4-7,10,17H,8-9H2,1-3H3. The van der Waals surface area contributed by atoms with Crippen molar-refractivity contribution in [3.63, 3.8) is 0 Å². The first kappa shape index (κ1) is 15.3. The van der Waals surface area contributed by atoms with Gasteiger partial charge in [-0.3, -0.25) is 9.78 Å². The minimum atomic E-state index is -0.210. The Morgan fingerprint density at radius 3 is 2.81 bits per heavy atom. The smallest absolute Gasteiger partial charge is 0.310 e. The molecule has 112 valence electrons. The quantitative estimate of drug-likeness (QED) is 0.831. The van der Waals surface area contributed by atoms with E-state index in [1.54, 1.807) is 17.5 Å². The van der Waals surface area contributed by atoms with Gasteiger partial charge >= 0.3 is 5.97 Å². The number of pyridine rings is 1. The fourth-order valence-corrected chi connectivity index (χ4v) is 2.87. The maximum absolute atomic E-state index is 11.2. The van der Waals surface area contributed by atoms with Crippen LogP contribution in [-0.4, -0.2) is 32.2 Å². The maximum Gasteiger partial charge on any atom is 0.310 e.